The van der Waals surface area contributed by atoms with Crippen LogP contribution >= 0.6 is 11.3 Å². The lowest BCUT2D eigenvalue weighted by Gasteiger charge is -2.26. The highest BCUT2D eigenvalue weighted by Crippen LogP contribution is 2.39. The zero-order valence-electron chi connectivity index (χ0n) is 11.2. The second-order valence-electron chi connectivity index (χ2n) is 5.89. The Bertz CT molecular complexity index is 372. The van der Waals surface area contributed by atoms with Crippen molar-refractivity contribution in [3.63, 3.8) is 0 Å². The summed E-state index contributed by atoms with van der Waals surface area (Å²) < 4.78 is 0. The Morgan fingerprint density at radius 2 is 2.18 bits per heavy atom. The Morgan fingerprint density at radius 1 is 1.41 bits per heavy atom. The van der Waals surface area contributed by atoms with Crippen molar-refractivity contribution in [1.29, 1.82) is 0 Å². The molecule has 1 fully saturated rings. The maximum atomic E-state index is 6.60. The van der Waals surface area contributed by atoms with Crippen LogP contribution in [0.3, 0.4) is 0 Å². The van der Waals surface area contributed by atoms with Crippen LogP contribution in [-0.4, -0.2) is 4.98 Å². The van der Waals surface area contributed by atoms with E-state index in [2.05, 4.69) is 31.1 Å². The first-order valence-corrected chi connectivity index (χ1v) is 7.61. The van der Waals surface area contributed by atoms with Crippen LogP contribution in [0.1, 0.15) is 56.7 Å². The summed E-state index contributed by atoms with van der Waals surface area (Å²) in [5.74, 6) is 1.64. The van der Waals surface area contributed by atoms with Gasteiger partial charge < -0.3 is 5.73 Å². The summed E-state index contributed by atoms with van der Waals surface area (Å²) >= 11 is 1.74. The summed E-state index contributed by atoms with van der Waals surface area (Å²) in [4.78, 5) is 4.61. The fourth-order valence-corrected chi connectivity index (χ4v) is 3.83. The van der Waals surface area contributed by atoms with Crippen LogP contribution in [0.2, 0.25) is 0 Å². The van der Waals surface area contributed by atoms with Crippen molar-refractivity contribution in [1.82, 2.24) is 4.98 Å². The molecular weight excluding hydrogens is 228 g/mol. The summed E-state index contributed by atoms with van der Waals surface area (Å²) in [7, 11) is 0. The molecule has 2 N–H and O–H groups in total. The van der Waals surface area contributed by atoms with Crippen molar-refractivity contribution in [2.45, 2.75) is 58.4 Å². The van der Waals surface area contributed by atoms with Gasteiger partial charge in [0, 0.05) is 11.1 Å². The molecule has 2 unspecified atom stereocenters. The van der Waals surface area contributed by atoms with E-state index in [1.807, 2.05) is 0 Å². The van der Waals surface area contributed by atoms with Crippen LogP contribution in [0.4, 0.5) is 0 Å². The van der Waals surface area contributed by atoms with Gasteiger partial charge in [0.25, 0.3) is 0 Å². The van der Waals surface area contributed by atoms with Crippen molar-refractivity contribution in [2.75, 3.05) is 0 Å². The van der Waals surface area contributed by atoms with Gasteiger partial charge in [0.2, 0.25) is 0 Å². The Labute approximate surface area is 109 Å². The molecule has 1 aliphatic rings. The zero-order chi connectivity index (χ0) is 12.5. The van der Waals surface area contributed by atoms with Crippen LogP contribution < -0.4 is 5.73 Å². The summed E-state index contributed by atoms with van der Waals surface area (Å²) in [5.41, 5.74) is 7.56. The van der Waals surface area contributed by atoms with E-state index in [0.717, 1.165) is 35.4 Å². The van der Waals surface area contributed by atoms with Crippen LogP contribution in [0.25, 0.3) is 0 Å². The molecule has 3 heteroatoms. The normalized spacial score (nSPS) is 30.5. The van der Waals surface area contributed by atoms with Gasteiger partial charge in [0.05, 0.1) is 5.54 Å². The molecule has 2 nitrogen and oxygen atoms in total. The maximum Gasteiger partial charge on any atom is 0.113 e. The van der Waals surface area contributed by atoms with Gasteiger partial charge in [-0.05, 0) is 38.0 Å². The van der Waals surface area contributed by atoms with E-state index in [4.69, 9.17) is 5.73 Å². The number of rotatable bonds is 2. The van der Waals surface area contributed by atoms with Crippen LogP contribution in [-0.2, 0) is 5.54 Å². The molecule has 0 spiro atoms. The molecule has 0 amide bonds. The van der Waals surface area contributed by atoms with Gasteiger partial charge in [-0.15, -0.1) is 11.3 Å². The molecule has 96 valence electrons. The third-order valence-electron chi connectivity index (χ3n) is 4.15. The molecule has 1 aromatic rings. The highest BCUT2D eigenvalue weighted by molar-refractivity contribution is 7.09. The summed E-state index contributed by atoms with van der Waals surface area (Å²) in [6, 6.07) is 0. The van der Waals surface area contributed by atoms with Crippen LogP contribution in [0.5, 0.6) is 0 Å². The summed E-state index contributed by atoms with van der Waals surface area (Å²) in [5, 5.41) is 3.27. The number of thiazole rings is 1. The zero-order valence-corrected chi connectivity index (χ0v) is 12.0. The molecule has 0 aromatic carbocycles. The van der Waals surface area contributed by atoms with Crippen molar-refractivity contribution >= 4 is 11.3 Å². The average molecular weight is 252 g/mol. The number of hydrogen-bond donors (Lipinski definition) is 1. The van der Waals surface area contributed by atoms with Gasteiger partial charge in [-0.25, -0.2) is 4.98 Å². The lowest BCUT2D eigenvalue weighted by atomic mass is 9.87. The first kappa shape index (κ1) is 13.0. The molecule has 1 heterocycles. The van der Waals surface area contributed by atoms with Crippen molar-refractivity contribution in [2.24, 2.45) is 17.6 Å². The maximum absolute atomic E-state index is 6.60. The lowest BCUT2D eigenvalue weighted by Crippen LogP contribution is -2.36. The topological polar surface area (TPSA) is 38.9 Å². The SMILES string of the molecule is Cc1csc(C2(N)CCCC(C(C)C)CC2)n1. The number of aromatic nitrogens is 1. The van der Waals surface area contributed by atoms with Crippen molar-refractivity contribution in [3.05, 3.63) is 16.1 Å². The molecule has 2 rings (SSSR count). The first-order valence-electron chi connectivity index (χ1n) is 6.73. The van der Waals surface area contributed by atoms with E-state index in [1.165, 1.54) is 19.3 Å². The first-order chi connectivity index (χ1) is 8.01. The van der Waals surface area contributed by atoms with Crippen molar-refractivity contribution in [3.8, 4) is 0 Å². The van der Waals surface area contributed by atoms with E-state index in [9.17, 15) is 0 Å². The lowest BCUT2D eigenvalue weighted by molar-refractivity contribution is 0.325. The molecule has 2 atom stereocenters. The van der Waals surface area contributed by atoms with E-state index in [-0.39, 0.29) is 5.54 Å². The minimum atomic E-state index is -0.150. The molecule has 0 radical (unpaired) electrons. The molecular formula is C14H24N2S. The molecule has 0 saturated heterocycles. The quantitative estimate of drug-likeness (QED) is 0.812. The third-order valence-corrected chi connectivity index (χ3v) is 5.33. The molecule has 17 heavy (non-hydrogen) atoms. The second-order valence-corrected chi connectivity index (χ2v) is 6.74. The average Bonchev–Trinajstić information content (AvgIpc) is 2.59. The third kappa shape index (κ3) is 2.89. The highest BCUT2D eigenvalue weighted by atomic mass is 32.1. The van der Waals surface area contributed by atoms with Gasteiger partial charge in [-0.3, -0.25) is 0 Å². The minimum Gasteiger partial charge on any atom is -0.319 e. The van der Waals surface area contributed by atoms with Crippen LogP contribution in [0.15, 0.2) is 5.38 Å². The standard InChI is InChI=1S/C14H24N2S/c1-10(2)12-5-4-7-14(15,8-6-12)13-16-11(3)9-17-13/h9-10,12H,4-8,15H2,1-3H3. The Kier molecular flexibility index (Phi) is 3.88. The summed E-state index contributed by atoms with van der Waals surface area (Å²) in [6.07, 6.45) is 6.04. The van der Waals surface area contributed by atoms with Gasteiger partial charge in [0.1, 0.15) is 5.01 Å². The van der Waals surface area contributed by atoms with E-state index in [0.29, 0.717) is 0 Å². The van der Waals surface area contributed by atoms with E-state index in [1.54, 1.807) is 11.3 Å². The number of aryl methyl sites for hydroxylation is 1. The molecule has 0 bridgehead atoms. The Hall–Kier alpha value is -0.410. The monoisotopic (exact) mass is 252 g/mol. The van der Waals surface area contributed by atoms with Crippen molar-refractivity contribution < 1.29 is 0 Å². The highest BCUT2D eigenvalue weighted by Gasteiger charge is 2.33. The fourth-order valence-electron chi connectivity index (χ4n) is 2.86. The molecule has 0 aliphatic heterocycles. The fraction of sp³-hybridized carbons (Fsp3) is 0.786. The number of hydrogen-bond acceptors (Lipinski definition) is 3. The largest absolute Gasteiger partial charge is 0.319 e. The van der Waals surface area contributed by atoms with E-state index >= 15 is 0 Å². The van der Waals surface area contributed by atoms with Crippen LogP contribution in [0, 0.1) is 18.8 Å². The second kappa shape index (κ2) is 5.07. The smallest absolute Gasteiger partial charge is 0.113 e. The van der Waals surface area contributed by atoms with Gasteiger partial charge >= 0.3 is 0 Å². The van der Waals surface area contributed by atoms with Gasteiger partial charge in [-0.2, -0.15) is 0 Å². The molecule has 1 aromatic heterocycles. The number of nitrogens with two attached hydrogens (primary N) is 1. The summed E-state index contributed by atoms with van der Waals surface area (Å²) in [6.45, 7) is 6.72. The predicted octanol–water partition coefficient (Wildman–Crippen LogP) is 3.84. The molecule has 1 aliphatic carbocycles. The Balaban J connectivity index is 2.11. The minimum absolute atomic E-state index is 0.150. The molecule has 1 saturated carbocycles. The van der Waals surface area contributed by atoms with Gasteiger partial charge in [0.15, 0.2) is 0 Å². The van der Waals surface area contributed by atoms with E-state index < -0.39 is 0 Å². The Morgan fingerprint density at radius 3 is 2.76 bits per heavy atom. The number of nitrogens with zero attached hydrogens (tertiary/aromatic N) is 1. The van der Waals surface area contributed by atoms with Gasteiger partial charge in [-0.1, -0.05) is 26.7 Å². The predicted molar refractivity (Wildman–Crippen MR) is 74.1 cm³/mol.